The van der Waals surface area contributed by atoms with Crippen molar-refractivity contribution in [2.75, 3.05) is 53.4 Å². The lowest BCUT2D eigenvalue weighted by Gasteiger charge is -2.43. The molecule has 7 unspecified atom stereocenters. The lowest BCUT2D eigenvalue weighted by Crippen LogP contribution is -2.64. The third-order valence-electron chi connectivity index (χ3n) is 6.58. The second kappa shape index (κ2) is 17.0. The van der Waals surface area contributed by atoms with E-state index < -0.39 is 93.4 Å². The van der Waals surface area contributed by atoms with Crippen LogP contribution in [0.1, 0.15) is 12.6 Å². The maximum absolute atomic E-state index is 12.7. The quantitative estimate of drug-likeness (QED) is 0.0607. The van der Waals surface area contributed by atoms with Gasteiger partial charge in [-0.1, -0.05) is 0 Å². The number of hydrogen-bond donors (Lipinski definition) is 7. The predicted molar refractivity (Wildman–Crippen MR) is 140 cm³/mol. The van der Waals surface area contributed by atoms with Gasteiger partial charge in [0.2, 0.25) is 5.91 Å². The van der Waals surface area contributed by atoms with Gasteiger partial charge in [-0.15, -0.1) is 0 Å². The number of hydrogen-bond acceptors (Lipinski definition) is 17. The highest BCUT2D eigenvalue weighted by molar-refractivity contribution is 7.45. The van der Waals surface area contributed by atoms with Gasteiger partial charge < -0.3 is 64.0 Å². The van der Waals surface area contributed by atoms with Crippen LogP contribution in [0.2, 0.25) is 0 Å². The molecule has 0 spiro atoms. The molecule has 1 aromatic heterocycles. The van der Waals surface area contributed by atoms with Crippen molar-refractivity contribution in [1.29, 1.82) is 0 Å². The molecule has 252 valence electrons. The van der Waals surface area contributed by atoms with Crippen LogP contribution in [0.25, 0.3) is 0 Å². The number of aliphatic hydroxyl groups excluding tert-OH is 5. The Kier molecular flexibility index (Phi) is 14.0. The van der Waals surface area contributed by atoms with Gasteiger partial charge in [0.25, 0.3) is 13.4 Å². The number of carbonyl (C=O) groups excluding carboxylic acids is 1. The minimum absolute atomic E-state index is 0.0681. The van der Waals surface area contributed by atoms with Crippen LogP contribution in [0.5, 0.6) is 0 Å². The SMILES string of the molecule is COCCOCCOCCC(=O)NC1[C@H](OP(=O)([O-])OCC2OC(n3ccc(=O)[nH]c3=O)C(O)C2O)OC(CO)[C@H](O)[C@@H]1O. The predicted octanol–water partition coefficient (Wildman–Crippen LogP) is -5.35. The summed E-state index contributed by atoms with van der Waals surface area (Å²) < 4.78 is 49.1. The van der Waals surface area contributed by atoms with E-state index in [0.717, 1.165) is 16.8 Å². The molecule has 44 heavy (non-hydrogen) atoms. The van der Waals surface area contributed by atoms with Gasteiger partial charge >= 0.3 is 5.69 Å². The van der Waals surface area contributed by atoms with Crippen LogP contribution < -0.4 is 21.5 Å². The zero-order chi connectivity index (χ0) is 32.4. The molecule has 0 bridgehead atoms. The topological polar surface area (TPSA) is 290 Å². The van der Waals surface area contributed by atoms with E-state index in [1.165, 1.54) is 7.11 Å². The monoisotopic (exact) mass is 658 g/mol. The van der Waals surface area contributed by atoms with Crippen LogP contribution in [0.3, 0.4) is 0 Å². The average Bonchev–Trinajstić information content (AvgIpc) is 3.25. The summed E-state index contributed by atoms with van der Waals surface area (Å²) in [5, 5.41) is 53.2. The van der Waals surface area contributed by atoms with E-state index in [1.54, 1.807) is 0 Å². The molecule has 10 atom stereocenters. The average molecular weight is 659 g/mol. The molecule has 0 saturated carbocycles. The summed E-state index contributed by atoms with van der Waals surface area (Å²) >= 11 is 0. The molecule has 0 aliphatic carbocycles. The number of nitrogens with zero attached hydrogens (tertiary/aromatic N) is 1. The number of ether oxygens (including phenoxy) is 5. The molecular formula is C23H37N3O17P-. The van der Waals surface area contributed by atoms with E-state index in [1.807, 2.05) is 4.98 Å². The third kappa shape index (κ3) is 9.93. The van der Waals surface area contributed by atoms with E-state index in [-0.39, 0.29) is 26.2 Å². The van der Waals surface area contributed by atoms with Crippen molar-refractivity contribution in [3.63, 3.8) is 0 Å². The van der Waals surface area contributed by atoms with Crippen molar-refractivity contribution >= 4 is 13.7 Å². The standard InChI is InChI=1S/C23H38N3O17P/c1-37-6-7-39-9-8-38-5-3-15(29)24-16-19(32)17(30)12(10-27)42-22(16)43-44(35,36)40-11-13-18(31)20(33)21(41-13)26-4-2-14(28)25-23(26)34/h2,4,12-13,16-22,27,30-33H,3,5-11H2,1H3,(H,24,29)(H,35,36)(H,25,28,34)/p-1/t12?,13?,16?,17-,18?,19+,20?,21?,22-/m0/s1. The highest BCUT2D eigenvalue weighted by atomic mass is 31.2. The first-order chi connectivity index (χ1) is 20.9. The number of nitrogens with one attached hydrogen (secondary N) is 2. The summed E-state index contributed by atoms with van der Waals surface area (Å²) in [5.74, 6) is -0.733. The van der Waals surface area contributed by atoms with Gasteiger partial charge in [-0.2, -0.15) is 0 Å². The molecule has 1 aromatic rings. The molecule has 3 heterocycles. The first-order valence-electron chi connectivity index (χ1n) is 13.4. The van der Waals surface area contributed by atoms with Crippen LogP contribution in [-0.4, -0.2) is 143 Å². The molecule has 2 aliphatic heterocycles. The van der Waals surface area contributed by atoms with Gasteiger partial charge in [-0.3, -0.25) is 28.2 Å². The molecule has 2 aliphatic rings. The van der Waals surface area contributed by atoms with E-state index >= 15 is 0 Å². The lowest BCUT2D eigenvalue weighted by molar-refractivity contribution is -0.284. The van der Waals surface area contributed by atoms with Crippen molar-refractivity contribution in [3.8, 4) is 0 Å². The van der Waals surface area contributed by atoms with Crippen molar-refractivity contribution in [2.45, 2.75) is 61.6 Å². The van der Waals surface area contributed by atoms with E-state index in [4.69, 9.17) is 32.7 Å². The van der Waals surface area contributed by atoms with Crippen LogP contribution in [0.15, 0.2) is 21.9 Å². The third-order valence-corrected chi connectivity index (χ3v) is 7.51. The van der Waals surface area contributed by atoms with E-state index in [2.05, 4.69) is 5.32 Å². The van der Waals surface area contributed by atoms with E-state index in [0.29, 0.717) is 13.2 Å². The number of aromatic amines is 1. The highest BCUT2D eigenvalue weighted by Gasteiger charge is 2.48. The number of phosphoric ester groups is 1. The number of carbonyl (C=O) groups is 1. The second-order valence-electron chi connectivity index (χ2n) is 9.68. The van der Waals surface area contributed by atoms with Gasteiger partial charge in [0.15, 0.2) is 12.5 Å². The number of aromatic nitrogens is 2. The largest absolute Gasteiger partial charge is 0.756 e. The summed E-state index contributed by atoms with van der Waals surface area (Å²) in [5.41, 5.74) is -1.69. The minimum atomic E-state index is -5.41. The maximum Gasteiger partial charge on any atom is 0.330 e. The summed E-state index contributed by atoms with van der Waals surface area (Å²) in [6, 6.07) is -0.693. The van der Waals surface area contributed by atoms with Crippen molar-refractivity contribution in [2.24, 2.45) is 0 Å². The number of H-pyrrole nitrogens is 1. The first-order valence-corrected chi connectivity index (χ1v) is 14.9. The van der Waals surface area contributed by atoms with Gasteiger partial charge in [-0.25, -0.2) is 4.79 Å². The molecule has 20 nitrogen and oxygen atoms in total. The number of phosphoric acid groups is 1. The van der Waals surface area contributed by atoms with Crippen molar-refractivity contribution in [3.05, 3.63) is 33.1 Å². The Morgan fingerprint density at radius 2 is 1.68 bits per heavy atom. The maximum atomic E-state index is 12.7. The number of methoxy groups -OCH3 is 1. The lowest BCUT2D eigenvalue weighted by atomic mass is 9.97. The Balaban J connectivity index is 1.58. The molecule has 1 amide bonds. The van der Waals surface area contributed by atoms with Gasteiger partial charge in [-0.05, 0) is 0 Å². The normalized spacial score (nSPS) is 31.9. The smallest absolute Gasteiger partial charge is 0.330 e. The molecule has 3 rings (SSSR count). The molecule has 2 fully saturated rings. The summed E-state index contributed by atoms with van der Waals surface area (Å²) in [4.78, 5) is 50.4. The first kappa shape index (κ1) is 36.3. The zero-order valence-corrected chi connectivity index (χ0v) is 24.4. The fraction of sp³-hybridized carbons (Fsp3) is 0.783. The minimum Gasteiger partial charge on any atom is -0.756 e. The molecule has 0 radical (unpaired) electrons. The number of amides is 1. The Morgan fingerprint density at radius 1 is 1.02 bits per heavy atom. The van der Waals surface area contributed by atoms with Gasteiger partial charge in [0.05, 0.1) is 46.2 Å². The molecule has 2 saturated heterocycles. The molecule has 0 aromatic carbocycles. The molecule has 21 heteroatoms. The van der Waals surface area contributed by atoms with Gasteiger partial charge in [0.1, 0.15) is 42.7 Å². The second-order valence-corrected chi connectivity index (χ2v) is 11.0. The van der Waals surface area contributed by atoms with Crippen LogP contribution in [0.4, 0.5) is 0 Å². The van der Waals surface area contributed by atoms with Crippen LogP contribution >= 0.6 is 7.82 Å². The molecular weight excluding hydrogens is 621 g/mol. The Bertz CT molecular complexity index is 1210. The van der Waals surface area contributed by atoms with Crippen LogP contribution in [0, 0.1) is 0 Å². The Hall–Kier alpha value is -2.14. The van der Waals surface area contributed by atoms with Gasteiger partial charge in [0, 0.05) is 25.8 Å². The number of rotatable bonds is 17. The summed E-state index contributed by atoms with van der Waals surface area (Å²) in [6.07, 6.45) is -12.8. The fourth-order valence-corrected chi connectivity index (χ4v) is 5.09. The summed E-state index contributed by atoms with van der Waals surface area (Å²) in [7, 11) is -3.89. The van der Waals surface area contributed by atoms with E-state index in [9.17, 15) is 49.4 Å². The zero-order valence-electron chi connectivity index (χ0n) is 23.5. The van der Waals surface area contributed by atoms with Crippen molar-refractivity contribution < 1.29 is 72.5 Å². The Morgan fingerprint density at radius 3 is 2.34 bits per heavy atom. The molecule has 7 N–H and O–H groups in total. The highest BCUT2D eigenvalue weighted by Crippen LogP contribution is 2.43. The van der Waals surface area contributed by atoms with Crippen molar-refractivity contribution in [1.82, 2.24) is 14.9 Å². The Labute approximate surface area is 249 Å². The van der Waals surface area contributed by atoms with Crippen LogP contribution in [-0.2, 0) is 42.1 Å². The fourth-order valence-electron chi connectivity index (χ4n) is 4.26. The summed E-state index contributed by atoms with van der Waals surface area (Å²) in [6.45, 7) is -0.667. The number of aliphatic hydroxyl groups is 5.